The van der Waals surface area contributed by atoms with Gasteiger partial charge in [-0.3, -0.25) is 4.98 Å². The largest absolute Gasteiger partial charge is 0.386 e. The van der Waals surface area contributed by atoms with Gasteiger partial charge in [0.15, 0.2) is 0 Å². The molecule has 1 saturated carbocycles. The normalized spacial score (nSPS) is 20.1. The Morgan fingerprint density at radius 1 is 1.35 bits per heavy atom. The van der Waals surface area contributed by atoms with Crippen LogP contribution in [-0.2, 0) is 0 Å². The lowest BCUT2D eigenvalue weighted by atomic mass is 9.93. The van der Waals surface area contributed by atoms with Gasteiger partial charge >= 0.3 is 0 Å². The highest BCUT2D eigenvalue weighted by Gasteiger charge is 2.23. The predicted octanol–water partition coefficient (Wildman–Crippen LogP) is 3.15. The van der Waals surface area contributed by atoms with Crippen molar-refractivity contribution < 1.29 is 9.50 Å². The van der Waals surface area contributed by atoms with Gasteiger partial charge in [-0.05, 0) is 32.0 Å². The quantitative estimate of drug-likeness (QED) is 0.900. The minimum Gasteiger partial charge on any atom is -0.386 e. The van der Waals surface area contributed by atoms with Gasteiger partial charge in [0, 0.05) is 18.5 Å². The zero-order valence-electron chi connectivity index (χ0n) is 12.4. The highest BCUT2D eigenvalue weighted by molar-refractivity contribution is 5.08. The topological polar surface area (TPSA) is 36.4 Å². The van der Waals surface area contributed by atoms with Crippen LogP contribution < -0.4 is 0 Å². The van der Waals surface area contributed by atoms with Crippen molar-refractivity contribution in [3.8, 4) is 0 Å². The molecule has 0 aliphatic heterocycles. The van der Waals surface area contributed by atoms with Crippen LogP contribution in [0.5, 0.6) is 0 Å². The summed E-state index contributed by atoms with van der Waals surface area (Å²) in [5.41, 5.74) is 0.552. The van der Waals surface area contributed by atoms with Crippen LogP contribution in [0.15, 0.2) is 18.3 Å². The number of pyridine rings is 1. The van der Waals surface area contributed by atoms with E-state index >= 15 is 0 Å². The Balaban J connectivity index is 1.89. The number of hydrogen-bond donors (Lipinski definition) is 1. The smallest absolute Gasteiger partial charge is 0.141 e. The maximum Gasteiger partial charge on any atom is 0.141 e. The molecule has 2 atom stereocenters. The number of nitrogens with zero attached hydrogens (tertiary/aromatic N) is 2. The molecule has 4 heteroatoms. The number of aliphatic hydroxyl groups is 1. The van der Waals surface area contributed by atoms with E-state index in [0.29, 0.717) is 11.7 Å². The molecule has 0 bridgehead atoms. The van der Waals surface area contributed by atoms with Gasteiger partial charge in [0.1, 0.15) is 5.82 Å². The summed E-state index contributed by atoms with van der Waals surface area (Å²) in [5.74, 6) is -0.284. The fraction of sp³-hybridized carbons (Fsp3) is 0.688. The Kier molecular flexibility index (Phi) is 5.49. The monoisotopic (exact) mass is 280 g/mol. The molecule has 1 aromatic rings. The summed E-state index contributed by atoms with van der Waals surface area (Å²) in [6.45, 7) is 2.86. The minimum absolute atomic E-state index is 0.0832. The summed E-state index contributed by atoms with van der Waals surface area (Å²) in [5, 5.41) is 10.3. The van der Waals surface area contributed by atoms with Gasteiger partial charge in [-0.1, -0.05) is 26.2 Å². The molecule has 2 rings (SSSR count). The zero-order chi connectivity index (χ0) is 14.5. The second-order valence-corrected chi connectivity index (χ2v) is 6.05. The standard InChI is InChI=1S/C16H25FN2O/c1-12(11-19(2)14-6-4-3-5-7-14)16(20)15-9-8-13(17)10-18-15/h8-10,12,14,16,20H,3-7,11H2,1-2H3. The van der Waals surface area contributed by atoms with Gasteiger partial charge in [0.05, 0.1) is 18.0 Å². The molecular formula is C16H25FN2O. The first kappa shape index (κ1) is 15.4. The molecule has 112 valence electrons. The van der Waals surface area contributed by atoms with Crippen molar-refractivity contribution >= 4 is 0 Å². The van der Waals surface area contributed by atoms with E-state index in [9.17, 15) is 9.50 Å². The van der Waals surface area contributed by atoms with Crippen LogP contribution in [0.1, 0.15) is 50.8 Å². The molecule has 0 amide bonds. The Hall–Kier alpha value is -1.00. The lowest BCUT2D eigenvalue weighted by molar-refractivity contribution is 0.0735. The van der Waals surface area contributed by atoms with Gasteiger partial charge in [-0.15, -0.1) is 0 Å². The number of rotatable bonds is 5. The van der Waals surface area contributed by atoms with Gasteiger partial charge in [-0.25, -0.2) is 4.39 Å². The first-order valence-electron chi connectivity index (χ1n) is 7.57. The van der Waals surface area contributed by atoms with E-state index in [-0.39, 0.29) is 11.7 Å². The Bertz CT molecular complexity index is 403. The molecule has 1 N–H and O–H groups in total. The SMILES string of the molecule is CC(CN(C)C1CCCCC1)C(O)c1ccc(F)cn1. The second-order valence-electron chi connectivity index (χ2n) is 6.05. The summed E-state index contributed by atoms with van der Waals surface area (Å²) in [4.78, 5) is 6.33. The summed E-state index contributed by atoms with van der Waals surface area (Å²) in [6, 6.07) is 3.56. The van der Waals surface area contributed by atoms with E-state index < -0.39 is 6.10 Å². The third-order valence-corrected chi connectivity index (χ3v) is 4.37. The van der Waals surface area contributed by atoms with Crippen molar-refractivity contribution in [3.63, 3.8) is 0 Å². The molecule has 0 saturated heterocycles. The van der Waals surface area contributed by atoms with Crippen LogP contribution in [0.3, 0.4) is 0 Å². The van der Waals surface area contributed by atoms with Crippen molar-refractivity contribution in [2.45, 2.75) is 51.2 Å². The van der Waals surface area contributed by atoms with Gasteiger partial charge in [-0.2, -0.15) is 0 Å². The average molecular weight is 280 g/mol. The number of aromatic nitrogens is 1. The first-order valence-corrected chi connectivity index (χ1v) is 7.57. The molecule has 3 nitrogen and oxygen atoms in total. The van der Waals surface area contributed by atoms with Crippen LogP contribution in [0.2, 0.25) is 0 Å². The van der Waals surface area contributed by atoms with Crippen LogP contribution in [0.25, 0.3) is 0 Å². The molecule has 1 aliphatic rings. The molecule has 0 spiro atoms. The third kappa shape index (κ3) is 4.00. The number of hydrogen-bond acceptors (Lipinski definition) is 3. The van der Waals surface area contributed by atoms with Crippen LogP contribution in [0.4, 0.5) is 4.39 Å². The Labute approximate surface area is 120 Å². The van der Waals surface area contributed by atoms with Crippen LogP contribution in [-0.4, -0.2) is 34.6 Å². The highest BCUT2D eigenvalue weighted by atomic mass is 19.1. The van der Waals surface area contributed by atoms with Crippen molar-refractivity contribution in [2.75, 3.05) is 13.6 Å². The molecule has 2 unspecified atom stereocenters. The van der Waals surface area contributed by atoms with E-state index in [4.69, 9.17) is 0 Å². The fourth-order valence-electron chi connectivity index (χ4n) is 3.08. The summed E-state index contributed by atoms with van der Waals surface area (Å²) in [7, 11) is 2.14. The van der Waals surface area contributed by atoms with Crippen molar-refractivity contribution in [1.29, 1.82) is 0 Å². The molecule has 1 aliphatic carbocycles. The molecule has 1 aromatic heterocycles. The molecule has 1 fully saturated rings. The summed E-state index contributed by atoms with van der Waals surface area (Å²) < 4.78 is 12.9. The van der Waals surface area contributed by atoms with Crippen molar-refractivity contribution in [3.05, 3.63) is 29.8 Å². The minimum atomic E-state index is -0.637. The summed E-state index contributed by atoms with van der Waals surface area (Å²) in [6.07, 6.45) is 7.01. The Morgan fingerprint density at radius 3 is 2.65 bits per heavy atom. The van der Waals surface area contributed by atoms with E-state index in [1.165, 1.54) is 38.2 Å². The van der Waals surface area contributed by atoms with Gasteiger partial charge < -0.3 is 10.0 Å². The molecule has 0 radical (unpaired) electrons. The molecule has 1 heterocycles. The lowest BCUT2D eigenvalue weighted by Gasteiger charge is -2.34. The van der Waals surface area contributed by atoms with Gasteiger partial charge in [0.2, 0.25) is 0 Å². The fourth-order valence-corrected chi connectivity index (χ4v) is 3.08. The molecule has 0 aromatic carbocycles. The number of halogens is 1. The van der Waals surface area contributed by atoms with E-state index in [1.54, 1.807) is 6.07 Å². The van der Waals surface area contributed by atoms with E-state index in [0.717, 1.165) is 12.7 Å². The van der Waals surface area contributed by atoms with Gasteiger partial charge in [0.25, 0.3) is 0 Å². The van der Waals surface area contributed by atoms with Crippen molar-refractivity contribution in [1.82, 2.24) is 9.88 Å². The lowest BCUT2D eigenvalue weighted by Crippen LogP contribution is -2.37. The van der Waals surface area contributed by atoms with Crippen molar-refractivity contribution in [2.24, 2.45) is 5.92 Å². The van der Waals surface area contributed by atoms with E-state index in [2.05, 4.69) is 16.9 Å². The maximum absolute atomic E-state index is 12.9. The molecule has 20 heavy (non-hydrogen) atoms. The van der Waals surface area contributed by atoms with Crippen LogP contribution in [0, 0.1) is 11.7 Å². The first-order chi connectivity index (χ1) is 9.58. The van der Waals surface area contributed by atoms with Crippen LogP contribution >= 0.6 is 0 Å². The predicted molar refractivity (Wildman–Crippen MR) is 77.8 cm³/mol. The van der Waals surface area contributed by atoms with E-state index in [1.807, 2.05) is 6.92 Å². The second kappa shape index (κ2) is 7.14. The average Bonchev–Trinajstić information content (AvgIpc) is 2.48. The maximum atomic E-state index is 12.9. The third-order valence-electron chi connectivity index (χ3n) is 4.37. The zero-order valence-corrected chi connectivity index (χ0v) is 12.4. The Morgan fingerprint density at radius 2 is 2.05 bits per heavy atom. The highest BCUT2D eigenvalue weighted by Crippen LogP contribution is 2.25. The number of aliphatic hydroxyl groups excluding tert-OH is 1. The summed E-state index contributed by atoms with van der Waals surface area (Å²) >= 11 is 0. The molecular weight excluding hydrogens is 255 g/mol.